The summed E-state index contributed by atoms with van der Waals surface area (Å²) in [6, 6.07) is 4.86. The third-order valence-corrected chi connectivity index (χ3v) is 4.93. The molecular weight excluding hydrogens is 380 g/mol. The number of carbonyl (C=O) groups is 4. The summed E-state index contributed by atoms with van der Waals surface area (Å²) in [6.07, 6.45) is 4.72. The number of nitrogens with one attached hydrogen (secondary N) is 1. The van der Waals surface area contributed by atoms with Crippen LogP contribution in [-0.4, -0.2) is 56.0 Å². The van der Waals surface area contributed by atoms with Crippen molar-refractivity contribution < 1.29 is 33.4 Å². The van der Waals surface area contributed by atoms with Crippen LogP contribution < -0.4 is 14.8 Å². The molecule has 3 rings (SSSR count). The SMILES string of the molecule is COc1ccc(OC)c(NC(=O)COC(=O)CN2C(=O)[C@H]3CC=CC[C@@H]3C2=O)c1. The van der Waals surface area contributed by atoms with E-state index in [-0.39, 0.29) is 11.8 Å². The van der Waals surface area contributed by atoms with E-state index in [1.807, 2.05) is 12.2 Å². The molecule has 2 aliphatic rings. The maximum absolute atomic E-state index is 12.4. The number of hydrogen-bond acceptors (Lipinski definition) is 7. The first-order valence-corrected chi connectivity index (χ1v) is 9.12. The topological polar surface area (TPSA) is 111 Å². The summed E-state index contributed by atoms with van der Waals surface area (Å²) in [5, 5.41) is 2.57. The van der Waals surface area contributed by atoms with E-state index in [9.17, 15) is 19.2 Å². The summed E-state index contributed by atoms with van der Waals surface area (Å²) in [5.74, 6) is -2.06. The van der Waals surface area contributed by atoms with Crippen LogP contribution in [0.3, 0.4) is 0 Å². The molecule has 2 atom stereocenters. The minimum absolute atomic E-state index is 0.356. The van der Waals surface area contributed by atoms with Crippen molar-refractivity contribution >= 4 is 29.4 Å². The number of allylic oxidation sites excluding steroid dienone is 2. The molecule has 9 nitrogen and oxygen atoms in total. The Morgan fingerprint density at radius 2 is 1.72 bits per heavy atom. The number of benzene rings is 1. The molecule has 1 saturated heterocycles. The van der Waals surface area contributed by atoms with Crippen molar-refractivity contribution in [2.45, 2.75) is 12.8 Å². The van der Waals surface area contributed by atoms with Gasteiger partial charge in [0.1, 0.15) is 18.0 Å². The minimum atomic E-state index is -0.828. The molecule has 0 spiro atoms. The van der Waals surface area contributed by atoms with Crippen molar-refractivity contribution in [1.29, 1.82) is 0 Å². The van der Waals surface area contributed by atoms with Crippen molar-refractivity contribution in [3.05, 3.63) is 30.4 Å². The molecule has 1 N–H and O–H groups in total. The maximum Gasteiger partial charge on any atom is 0.326 e. The van der Waals surface area contributed by atoms with E-state index in [2.05, 4.69) is 5.32 Å². The van der Waals surface area contributed by atoms with E-state index in [1.165, 1.54) is 14.2 Å². The second-order valence-corrected chi connectivity index (χ2v) is 6.69. The van der Waals surface area contributed by atoms with Crippen LogP contribution in [0.2, 0.25) is 0 Å². The average Bonchev–Trinajstić information content (AvgIpc) is 2.97. The van der Waals surface area contributed by atoms with Gasteiger partial charge in [-0.2, -0.15) is 0 Å². The predicted molar refractivity (Wildman–Crippen MR) is 101 cm³/mol. The number of imide groups is 1. The van der Waals surface area contributed by atoms with Gasteiger partial charge >= 0.3 is 5.97 Å². The standard InChI is InChI=1S/C20H22N2O7/c1-27-12-7-8-16(28-2)15(9-12)21-17(23)11-29-18(24)10-22-19(25)13-5-3-4-6-14(13)20(22)26/h3-4,7-9,13-14H,5-6,10-11H2,1-2H3,(H,21,23)/t13-,14-/m0/s1. The summed E-state index contributed by atoms with van der Waals surface area (Å²) in [5.41, 5.74) is 0.356. The number of amides is 3. The van der Waals surface area contributed by atoms with Gasteiger partial charge in [0.25, 0.3) is 5.91 Å². The lowest BCUT2D eigenvalue weighted by atomic mass is 9.85. The fraction of sp³-hybridized carbons (Fsp3) is 0.400. The molecule has 1 heterocycles. The van der Waals surface area contributed by atoms with Crippen molar-refractivity contribution in [3.8, 4) is 11.5 Å². The normalized spacial score (nSPS) is 20.3. The summed E-state index contributed by atoms with van der Waals surface area (Å²) in [7, 11) is 2.94. The highest BCUT2D eigenvalue weighted by molar-refractivity contribution is 6.07. The molecule has 3 amide bonds. The summed E-state index contributed by atoms with van der Waals surface area (Å²) < 4.78 is 15.2. The zero-order valence-corrected chi connectivity index (χ0v) is 16.2. The Kier molecular flexibility index (Phi) is 6.16. The van der Waals surface area contributed by atoms with Gasteiger partial charge < -0.3 is 19.5 Å². The second kappa shape index (κ2) is 8.76. The van der Waals surface area contributed by atoms with Crippen LogP contribution in [-0.2, 0) is 23.9 Å². The van der Waals surface area contributed by atoms with Gasteiger partial charge in [0.05, 0.1) is 31.7 Å². The Morgan fingerprint density at radius 1 is 1.07 bits per heavy atom. The fourth-order valence-electron chi connectivity index (χ4n) is 3.44. The fourth-order valence-corrected chi connectivity index (χ4v) is 3.44. The molecule has 1 aliphatic heterocycles. The van der Waals surface area contributed by atoms with E-state index in [0.29, 0.717) is 30.0 Å². The van der Waals surface area contributed by atoms with Gasteiger partial charge in [-0.1, -0.05) is 12.2 Å². The molecule has 1 aromatic carbocycles. The quantitative estimate of drug-likeness (QED) is 0.413. The van der Waals surface area contributed by atoms with Gasteiger partial charge in [-0.3, -0.25) is 24.1 Å². The highest BCUT2D eigenvalue weighted by Crippen LogP contribution is 2.34. The third kappa shape index (κ3) is 4.39. The number of carbonyl (C=O) groups excluding carboxylic acids is 4. The number of nitrogens with zero attached hydrogens (tertiary/aromatic N) is 1. The van der Waals surface area contributed by atoms with Crippen molar-refractivity contribution in [2.24, 2.45) is 11.8 Å². The molecule has 9 heteroatoms. The van der Waals surface area contributed by atoms with Crippen molar-refractivity contribution in [1.82, 2.24) is 4.90 Å². The van der Waals surface area contributed by atoms with E-state index in [4.69, 9.17) is 14.2 Å². The summed E-state index contributed by atoms with van der Waals surface area (Å²) in [6.45, 7) is -1.07. The number of hydrogen-bond donors (Lipinski definition) is 1. The smallest absolute Gasteiger partial charge is 0.326 e. The number of ether oxygens (including phenoxy) is 3. The number of anilines is 1. The van der Waals surface area contributed by atoms with Crippen LogP contribution in [0.25, 0.3) is 0 Å². The minimum Gasteiger partial charge on any atom is -0.497 e. The predicted octanol–water partition coefficient (Wildman–Crippen LogP) is 1.14. The lowest BCUT2D eigenvalue weighted by Crippen LogP contribution is -2.37. The molecule has 0 radical (unpaired) electrons. The highest BCUT2D eigenvalue weighted by atomic mass is 16.5. The van der Waals surface area contributed by atoms with Crippen LogP contribution in [0, 0.1) is 11.8 Å². The monoisotopic (exact) mass is 402 g/mol. The first kappa shape index (κ1) is 20.4. The molecular formula is C20H22N2O7. The molecule has 0 unspecified atom stereocenters. The van der Waals surface area contributed by atoms with Crippen LogP contribution >= 0.6 is 0 Å². The summed E-state index contributed by atoms with van der Waals surface area (Å²) >= 11 is 0. The van der Waals surface area contributed by atoms with Crippen LogP contribution in [0.1, 0.15) is 12.8 Å². The van der Waals surface area contributed by atoms with Crippen molar-refractivity contribution in [2.75, 3.05) is 32.7 Å². The molecule has 154 valence electrons. The van der Waals surface area contributed by atoms with Crippen molar-refractivity contribution in [3.63, 3.8) is 0 Å². The van der Waals surface area contributed by atoms with Gasteiger partial charge in [-0.05, 0) is 25.0 Å². The van der Waals surface area contributed by atoms with Gasteiger partial charge in [0.15, 0.2) is 6.61 Å². The van der Waals surface area contributed by atoms with E-state index < -0.39 is 36.9 Å². The lowest BCUT2D eigenvalue weighted by Gasteiger charge is -2.14. The summed E-state index contributed by atoms with van der Waals surface area (Å²) in [4.78, 5) is 49.8. The largest absolute Gasteiger partial charge is 0.497 e. The zero-order valence-electron chi connectivity index (χ0n) is 16.2. The van der Waals surface area contributed by atoms with Gasteiger partial charge in [0.2, 0.25) is 11.8 Å². The van der Waals surface area contributed by atoms with E-state index in [1.54, 1.807) is 18.2 Å². The molecule has 1 aromatic rings. The number of esters is 1. The molecule has 0 bridgehead atoms. The van der Waals surface area contributed by atoms with Crippen LogP contribution in [0.5, 0.6) is 11.5 Å². The Labute approximate surface area is 167 Å². The Hall–Kier alpha value is -3.36. The molecule has 1 aliphatic carbocycles. The van der Waals surface area contributed by atoms with E-state index >= 15 is 0 Å². The Morgan fingerprint density at radius 3 is 2.31 bits per heavy atom. The highest BCUT2D eigenvalue weighted by Gasteiger charge is 2.47. The van der Waals surface area contributed by atoms with E-state index in [0.717, 1.165) is 4.90 Å². The number of likely N-dealkylation sites (tertiary alicyclic amines) is 1. The molecule has 29 heavy (non-hydrogen) atoms. The molecule has 1 fully saturated rings. The maximum atomic E-state index is 12.4. The number of rotatable bonds is 7. The molecule has 0 saturated carbocycles. The third-order valence-electron chi connectivity index (χ3n) is 4.93. The number of methoxy groups -OCH3 is 2. The van der Waals surface area contributed by atoms with Gasteiger partial charge in [-0.15, -0.1) is 0 Å². The van der Waals surface area contributed by atoms with Crippen LogP contribution in [0.15, 0.2) is 30.4 Å². The Bertz CT molecular complexity index is 838. The first-order valence-electron chi connectivity index (χ1n) is 9.12. The average molecular weight is 402 g/mol. The molecule has 0 aromatic heterocycles. The Balaban J connectivity index is 1.53. The van der Waals surface area contributed by atoms with Crippen LogP contribution in [0.4, 0.5) is 5.69 Å². The van der Waals surface area contributed by atoms with Gasteiger partial charge in [-0.25, -0.2) is 0 Å². The number of fused-ring (bicyclic) bond motifs is 1. The second-order valence-electron chi connectivity index (χ2n) is 6.69. The first-order chi connectivity index (χ1) is 13.9. The van der Waals surface area contributed by atoms with Gasteiger partial charge in [0, 0.05) is 6.07 Å². The zero-order chi connectivity index (χ0) is 21.0. The lowest BCUT2D eigenvalue weighted by molar-refractivity contribution is -0.154.